The zero-order valence-corrected chi connectivity index (χ0v) is 15.2. The Morgan fingerprint density at radius 3 is 1.09 bits per heavy atom. The minimum Gasteiger partial charge on any atom is -0.480 e. The summed E-state index contributed by atoms with van der Waals surface area (Å²) >= 11 is 0. The third-order valence-corrected chi connectivity index (χ3v) is 5.09. The number of aliphatic hydroxyl groups excluding tert-OH is 1. The Morgan fingerprint density at radius 2 is 1.00 bits per heavy atom. The molecular formula is C16H31NO5. The average Bonchev–Trinajstić information content (AvgIpc) is 2.24. The van der Waals surface area contributed by atoms with E-state index in [4.69, 9.17) is 0 Å². The molecule has 0 saturated heterocycles. The minimum absolute atomic E-state index is 0.808. The highest BCUT2D eigenvalue weighted by atomic mass is 16.4. The van der Waals surface area contributed by atoms with Crippen molar-refractivity contribution in [3.05, 3.63) is 0 Å². The van der Waals surface area contributed by atoms with Gasteiger partial charge >= 0.3 is 11.9 Å². The van der Waals surface area contributed by atoms with Gasteiger partial charge in [-0.15, -0.1) is 0 Å². The highest BCUT2D eigenvalue weighted by Crippen LogP contribution is 2.46. The Morgan fingerprint density at radius 1 is 0.773 bits per heavy atom. The quantitative estimate of drug-likeness (QED) is 0.674. The lowest BCUT2D eigenvalue weighted by atomic mass is 9.66. The highest BCUT2D eigenvalue weighted by Gasteiger charge is 2.62. The molecule has 0 aliphatic heterocycles. The van der Waals surface area contributed by atoms with Gasteiger partial charge in [0.25, 0.3) is 0 Å². The Hall–Kier alpha value is -1.14. The summed E-state index contributed by atoms with van der Waals surface area (Å²) in [6.45, 7) is 14.7. The second-order valence-electron chi connectivity index (χ2n) is 8.26. The molecule has 0 radical (unpaired) electrons. The lowest BCUT2D eigenvalue weighted by Gasteiger charge is -2.57. The molecule has 130 valence electrons. The number of carbonyl (C=O) groups is 2. The van der Waals surface area contributed by atoms with E-state index in [0.717, 1.165) is 0 Å². The van der Waals surface area contributed by atoms with Crippen LogP contribution in [0, 0.1) is 10.8 Å². The topological polar surface area (TPSA) is 98.1 Å². The zero-order valence-electron chi connectivity index (χ0n) is 15.2. The van der Waals surface area contributed by atoms with Gasteiger partial charge in [-0.25, -0.2) is 4.90 Å². The first-order valence-corrected chi connectivity index (χ1v) is 7.40. The maximum Gasteiger partial charge on any atom is 0.324 e. The van der Waals surface area contributed by atoms with Gasteiger partial charge < -0.3 is 15.3 Å². The Bertz CT molecular complexity index is 408. The first-order valence-electron chi connectivity index (χ1n) is 7.40. The van der Waals surface area contributed by atoms with Crippen molar-refractivity contribution in [2.75, 3.05) is 0 Å². The molecule has 0 amide bonds. The molecule has 0 aromatic heterocycles. The van der Waals surface area contributed by atoms with Gasteiger partial charge in [0, 0.05) is 0 Å². The van der Waals surface area contributed by atoms with Gasteiger partial charge in [0.1, 0.15) is 17.3 Å². The second-order valence-corrected chi connectivity index (χ2v) is 8.26. The molecule has 0 aliphatic carbocycles. The van der Waals surface area contributed by atoms with Crippen LogP contribution in [0.15, 0.2) is 0 Å². The molecule has 3 unspecified atom stereocenters. The van der Waals surface area contributed by atoms with Gasteiger partial charge in [0.05, 0.1) is 0 Å². The van der Waals surface area contributed by atoms with Crippen molar-refractivity contribution in [1.29, 1.82) is 0 Å². The van der Waals surface area contributed by atoms with Gasteiger partial charge in [0.15, 0.2) is 0 Å². The highest BCUT2D eigenvalue weighted by molar-refractivity contribution is 5.84. The Balaban J connectivity index is 6.69. The maximum atomic E-state index is 12.1. The smallest absolute Gasteiger partial charge is 0.324 e. The summed E-state index contributed by atoms with van der Waals surface area (Å²) < 4.78 is 0. The molecule has 22 heavy (non-hydrogen) atoms. The molecule has 6 nitrogen and oxygen atoms in total. The van der Waals surface area contributed by atoms with E-state index >= 15 is 0 Å². The van der Waals surface area contributed by atoms with E-state index in [1.165, 1.54) is 25.7 Å². The lowest BCUT2D eigenvalue weighted by molar-refractivity contribution is -0.211. The normalized spacial score (nSPS) is 20.1. The molecule has 0 aromatic rings. The zero-order chi connectivity index (χ0) is 18.3. The number of aliphatic carboxylic acids is 2. The molecule has 0 spiro atoms. The molecule has 0 fully saturated rings. The fourth-order valence-electron chi connectivity index (χ4n) is 2.76. The van der Waals surface area contributed by atoms with Crippen LogP contribution in [-0.2, 0) is 9.59 Å². The first kappa shape index (κ1) is 20.9. The number of nitrogens with zero attached hydrogens (tertiary/aromatic N) is 1. The van der Waals surface area contributed by atoms with Crippen molar-refractivity contribution in [3.63, 3.8) is 0 Å². The largest absolute Gasteiger partial charge is 0.480 e. The van der Waals surface area contributed by atoms with Crippen molar-refractivity contribution in [2.24, 2.45) is 10.8 Å². The molecule has 0 saturated carbocycles. The summed E-state index contributed by atoms with van der Waals surface area (Å²) in [4.78, 5) is 25.3. The van der Waals surface area contributed by atoms with Crippen LogP contribution >= 0.6 is 0 Å². The predicted octanol–water partition coefficient (Wildman–Crippen LogP) is 2.41. The first-order chi connectivity index (χ1) is 9.45. The van der Waals surface area contributed by atoms with E-state index in [-0.39, 0.29) is 0 Å². The van der Waals surface area contributed by atoms with Crippen LogP contribution in [0.5, 0.6) is 0 Å². The fraction of sp³-hybridized carbons (Fsp3) is 0.875. The molecular weight excluding hydrogens is 286 g/mol. The summed E-state index contributed by atoms with van der Waals surface area (Å²) in [5.41, 5.74) is -4.78. The molecule has 0 aliphatic rings. The number of carboxylic acids is 2. The monoisotopic (exact) mass is 317 g/mol. The van der Waals surface area contributed by atoms with Gasteiger partial charge in [0.2, 0.25) is 0 Å². The van der Waals surface area contributed by atoms with Crippen LogP contribution in [0.2, 0.25) is 0 Å². The van der Waals surface area contributed by atoms with Crippen LogP contribution in [0.4, 0.5) is 0 Å². The number of hydrogen-bond acceptors (Lipinski definition) is 4. The van der Waals surface area contributed by atoms with E-state index < -0.39 is 40.1 Å². The standard InChI is InChI=1S/C16H31NO5/c1-10(18)17(15(8,11(19)20)13(2,3)4)16(9,12(21)22)14(5,6)7/h10,18H,1-9H3,(H,19,20)(H,21,22). The molecule has 3 atom stereocenters. The lowest BCUT2D eigenvalue weighted by Crippen LogP contribution is -2.74. The summed E-state index contributed by atoms with van der Waals surface area (Å²) in [5.74, 6) is -2.34. The second kappa shape index (κ2) is 5.81. The van der Waals surface area contributed by atoms with Crippen molar-refractivity contribution in [3.8, 4) is 0 Å². The summed E-state index contributed by atoms with van der Waals surface area (Å²) in [7, 11) is 0. The van der Waals surface area contributed by atoms with E-state index in [0.29, 0.717) is 0 Å². The number of carboxylic acid groups (broad SMARTS) is 2. The van der Waals surface area contributed by atoms with Gasteiger partial charge in [-0.2, -0.15) is 0 Å². The van der Waals surface area contributed by atoms with Crippen LogP contribution < -0.4 is 0 Å². The van der Waals surface area contributed by atoms with E-state index in [1.807, 2.05) is 0 Å². The number of aliphatic hydroxyl groups is 1. The molecule has 0 aromatic carbocycles. The van der Waals surface area contributed by atoms with Crippen LogP contribution in [0.1, 0.15) is 62.3 Å². The summed E-state index contributed by atoms with van der Waals surface area (Å²) in [5, 5.41) is 30.0. The van der Waals surface area contributed by atoms with Gasteiger partial charge in [-0.3, -0.25) is 9.59 Å². The van der Waals surface area contributed by atoms with Crippen molar-refractivity contribution >= 4 is 11.9 Å². The number of hydrogen-bond donors (Lipinski definition) is 3. The third kappa shape index (κ3) is 2.99. The van der Waals surface area contributed by atoms with Gasteiger partial charge in [-0.1, -0.05) is 41.5 Å². The van der Waals surface area contributed by atoms with Crippen LogP contribution in [-0.4, -0.2) is 49.5 Å². The summed E-state index contributed by atoms with van der Waals surface area (Å²) in [6.07, 6.45) is -1.25. The fourth-order valence-corrected chi connectivity index (χ4v) is 2.76. The van der Waals surface area contributed by atoms with E-state index in [1.54, 1.807) is 41.5 Å². The van der Waals surface area contributed by atoms with Crippen molar-refractivity contribution in [1.82, 2.24) is 4.90 Å². The van der Waals surface area contributed by atoms with E-state index in [9.17, 15) is 24.9 Å². The Kier molecular flexibility index (Phi) is 5.51. The van der Waals surface area contributed by atoms with Crippen LogP contribution in [0.25, 0.3) is 0 Å². The average molecular weight is 317 g/mol. The van der Waals surface area contributed by atoms with Crippen LogP contribution in [0.3, 0.4) is 0 Å². The van der Waals surface area contributed by atoms with E-state index in [2.05, 4.69) is 0 Å². The SMILES string of the molecule is CC(O)N(C(C)(C(=O)O)C(C)(C)C)C(C)(C(=O)O)C(C)(C)C. The van der Waals surface area contributed by atoms with Crippen molar-refractivity contribution < 1.29 is 24.9 Å². The predicted molar refractivity (Wildman–Crippen MR) is 84.5 cm³/mol. The van der Waals surface area contributed by atoms with Crippen molar-refractivity contribution in [2.45, 2.75) is 79.6 Å². The Labute approximate surface area is 133 Å². The minimum atomic E-state index is -1.58. The maximum absolute atomic E-state index is 12.1. The summed E-state index contributed by atoms with van der Waals surface area (Å²) in [6, 6.07) is 0. The molecule has 0 heterocycles. The van der Waals surface area contributed by atoms with Gasteiger partial charge in [-0.05, 0) is 31.6 Å². The molecule has 0 bridgehead atoms. The molecule has 0 rings (SSSR count). The molecule has 6 heteroatoms. The third-order valence-electron chi connectivity index (χ3n) is 5.09. The molecule has 3 N–H and O–H groups in total. The number of rotatable bonds is 5.